The Bertz CT molecular complexity index is 1490. The van der Waals surface area contributed by atoms with E-state index in [4.69, 9.17) is 16.0 Å². The minimum atomic E-state index is -3.98. The van der Waals surface area contributed by atoms with Crippen molar-refractivity contribution in [3.63, 3.8) is 0 Å². The van der Waals surface area contributed by atoms with Gasteiger partial charge in [0.1, 0.15) is 0 Å². The Labute approximate surface area is 242 Å². The van der Waals surface area contributed by atoms with E-state index in [9.17, 15) is 26.7 Å². The smallest absolute Gasteiger partial charge is 0.583 e. The zero-order valence-electron chi connectivity index (χ0n) is 17.9. The standard InChI is InChI=1S/C18H10B2N4O6S2.2Na/c19-23-31(27,28)11-5-1-9(2-6-11)15-13-14(18(26)21-15)16(22-17(13)25)10-3-7-12(8-4-10)32(29,30)24-20;;/h1-8H,(H2,21,22,25,26);;/q-2;2*+1. The molecule has 0 aliphatic carbocycles. The summed E-state index contributed by atoms with van der Waals surface area (Å²) in [6, 6.07) is 10.7. The number of carbonyl (C=O) groups excluding carboxylic acids is 1. The number of carbonyl (C=O) groups is 1. The summed E-state index contributed by atoms with van der Waals surface area (Å²) in [4.78, 5) is 19.0. The number of nitrogens with one attached hydrogen (secondary N) is 1. The predicted molar refractivity (Wildman–Crippen MR) is 117 cm³/mol. The first-order chi connectivity index (χ1) is 15.1. The first kappa shape index (κ1) is 29.0. The van der Waals surface area contributed by atoms with Crippen LogP contribution in [0.5, 0.6) is 5.88 Å². The number of aromatic amines is 1. The molecular formula is C18H10B2N4Na2O6S2. The number of rotatable bonds is 6. The molecule has 4 rings (SSSR count). The molecule has 0 fully saturated rings. The van der Waals surface area contributed by atoms with Gasteiger partial charge in [-0.1, -0.05) is 24.3 Å². The normalized spacial score (nSPS) is 12.9. The molecule has 1 aliphatic heterocycles. The van der Waals surface area contributed by atoms with Crippen molar-refractivity contribution in [1.82, 2.24) is 4.98 Å². The van der Waals surface area contributed by atoms with Gasteiger partial charge in [0.05, 0.1) is 42.6 Å². The molecule has 2 heterocycles. The van der Waals surface area contributed by atoms with Crippen LogP contribution in [0, 0.1) is 0 Å². The fourth-order valence-corrected chi connectivity index (χ4v) is 4.47. The van der Waals surface area contributed by atoms with Gasteiger partial charge in [-0.25, -0.2) is 21.8 Å². The number of H-pyrrole nitrogens is 1. The number of aromatic hydroxyl groups is 1. The number of amides is 1. The maximum atomic E-state index is 12.6. The van der Waals surface area contributed by atoms with E-state index >= 15 is 0 Å². The first-order valence-electron chi connectivity index (χ1n) is 8.72. The fourth-order valence-electron chi connectivity index (χ4n) is 3.27. The van der Waals surface area contributed by atoms with Crippen molar-refractivity contribution in [2.75, 3.05) is 0 Å². The maximum absolute atomic E-state index is 12.6. The number of hydrogen-bond donors (Lipinski definition) is 2. The summed E-state index contributed by atoms with van der Waals surface area (Å²) in [5.74, 6) is -0.967. The molecule has 3 aromatic rings. The number of aromatic nitrogens is 1. The topological polar surface area (TPSA) is 162 Å². The van der Waals surface area contributed by atoms with Gasteiger partial charge < -0.3 is 19.4 Å². The van der Waals surface area contributed by atoms with Crippen LogP contribution in [-0.4, -0.2) is 54.5 Å². The Kier molecular flexibility index (Phi) is 9.25. The van der Waals surface area contributed by atoms with E-state index in [0.29, 0.717) is 11.1 Å². The van der Waals surface area contributed by atoms with E-state index in [1.54, 1.807) is 0 Å². The van der Waals surface area contributed by atoms with E-state index in [-0.39, 0.29) is 97.3 Å². The molecule has 158 valence electrons. The number of sulfonamides is 2. The van der Waals surface area contributed by atoms with Crippen LogP contribution in [0.25, 0.3) is 20.5 Å². The van der Waals surface area contributed by atoms with Gasteiger partial charge in [0, 0.05) is 15.4 Å². The van der Waals surface area contributed by atoms with Crippen LogP contribution in [0.1, 0.15) is 21.5 Å². The van der Waals surface area contributed by atoms with Crippen molar-refractivity contribution in [3.8, 4) is 17.1 Å². The van der Waals surface area contributed by atoms with Crippen molar-refractivity contribution >= 4 is 47.6 Å². The van der Waals surface area contributed by atoms with Crippen LogP contribution < -0.4 is 59.1 Å². The summed E-state index contributed by atoms with van der Waals surface area (Å²) in [6.45, 7) is 0. The second kappa shape index (κ2) is 10.8. The zero-order chi connectivity index (χ0) is 23.3. The summed E-state index contributed by atoms with van der Waals surface area (Å²) >= 11 is 0. The second-order valence-corrected chi connectivity index (χ2v) is 9.84. The molecule has 1 aromatic heterocycles. The van der Waals surface area contributed by atoms with Crippen molar-refractivity contribution < 1.29 is 85.9 Å². The summed E-state index contributed by atoms with van der Waals surface area (Å²) in [5.41, 5.74) is 1.38. The molecule has 0 spiro atoms. The predicted octanol–water partition coefficient (Wildman–Crippen LogP) is -4.32. The molecule has 1 aliphatic rings. The Morgan fingerprint density at radius 1 is 0.765 bits per heavy atom. The molecule has 0 bridgehead atoms. The average Bonchev–Trinajstić information content (AvgIpc) is 3.32. The van der Waals surface area contributed by atoms with E-state index in [1.165, 1.54) is 48.5 Å². The van der Waals surface area contributed by atoms with Gasteiger partial charge in [-0.2, -0.15) is 0 Å². The molecule has 0 saturated heterocycles. The van der Waals surface area contributed by atoms with Crippen molar-refractivity contribution in [2.45, 2.75) is 9.79 Å². The van der Waals surface area contributed by atoms with Gasteiger partial charge in [0.25, 0.3) is 5.91 Å². The van der Waals surface area contributed by atoms with Crippen LogP contribution >= 0.6 is 0 Å². The minimum absolute atomic E-state index is 0. The van der Waals surface area contributed by atoms with Gasteiger partial charge in [-0.05, 0) is 29.8 Å². The SMILES string of the molecule is [B][N-]S(=O)(=O)c1ccc(C2=NC(=O)c3c(-c4ccc(S(=O)(=O)[N-][B])cc4)[nH]c(O)c32)cc1.[Na+].[Na+]. The molecule has 16 heteroatoms. The van der Waals surface area contributed by atoms with Gasteiger partial charge in [0.15, 0.2) is 5.88 Å². The molecule has 4 radical (unpaired) electrons. The Balaban J connectivity index is 0.00000204. The molecule has 10 nitrogen and oxygen atoms in total. The molecule has 1 amide bonds. The average molecular weight is 510 g/mol. The molecule has 2 aromatic carbocycles. The molecule has 0 unspecified atom stereocenters. The summed E-state index contributed by atoms with van der Waals surface area (Å²) in [6.07, 6.45) is 0. The number of benzene rings is 2. The fraction of sp³-hybridized carbons (Fsp3) is 0. The van der Waals surface area contributed by atoms with Crippen LogP contribution in [-0.2, 0) is 20.0 Å². The third-order valence-electron chi connectivity index (χ3n) is 4.79. The van der Waals surface area contributed by atoms with Crippen LogP contribution in [0.3, 0.4) is 0 Å². The van der Waals surface area contributed by atoms with E-state index in [0.717, 1.165) is 0 Å². The first-order valence-corrected chi connectivity index (χ1v) is 11.6. The van der Waals surface area contributed by atoms with E-state index in [2.05, 4.69) is 19.2 Å². The van der Waals surface area contributed by atoms with Crippen molar-refractivity contribution in [3.05, 3.63) is 74.5 Å². The Hall–Kier alpha value is -1.19. The number of aliphatic imine (C=N–C) groups is 1. The quantitative estimate of drug-likeness (QED) is 0.319. The van der Waals surface area contributed by atoms with E-state index < -0.39 is 26.0 Å². The Morgan fingerprint density at radius 2 is 1.21 bits per heavy atom. The Morgan fingerprint density at radius 3 is 1.65 bits per heavy atom. The third kappa shape index (κ3) is 5.16. The third-order valence-corrected chi connectivity index (χ3v) is 7.08. The van der Waals surface area contributed by atoms with Gasteiger partial charge in [-0.15, -0.1) is 16.0 Å². The van der Waals surface area contributed by atoms with Gasteiger partial charge in [0.2, 0.25) is 0 Å². The zero-order valence-corrected chi connectivity index (χ0v) is 23.6. The van der Waals surface area contributed by atoms with Gasteiger partial charge >= 0.3 is 59.1 Å². The van der Waals surface area contributed by atoms with Crippen molar-refractivity contribution in [2.24, 2.45) is 4.99 Å². The van der Waals surface area contributed by atoms with Crippen LogP contribution in [0.2, 0.25) is 0 Å². The molecule has 34 heavy (non-hydrogen) atoms. The maximum Gasteiger partial charge on any atom is 1.00 e. The molecule has 0 saturated carbocycles. The number of hydrogen-bond acceptors (Lipinski definition) is 6. The van der Waals surface area contributed by atoms with Gasteiger partial charge in [-0.3, -0.25) is 4.79 Å². The minimum Gasteiger partial charge on any atom is -0.583 e. The molecular weight excluding hydrogens is 500 g/mol. The monoisotopic (exact) mass is 510 g/mol. The van der Waals surface area contributed by atoms with Crippen LogP contribution in [0.4, 0.5) is 0 Å². The number of fused-ring (bicyclic) bond motifs is 1. The van der Waals surface area contributed by atoms with Crippen LogP contribution in [0.15, 0.2) is 63.3 Å². The second-order valence-electron chi connectivity index (χ2n) is 6.57. The van der Waals surface area contributed by atoms with E-state index in [1.807, 2.05) is 0 Å². The summed E-state index contributed by atoms with van der Waals surface area (Å²) in [7, 11) is 1.81. The summed E-state index contributed by atoms with van der Waals surface area (Å²) in [5, 5.41) is 10.5. The molecule has 0 atom stereocenters. The van der Waals surface area contributed by atoms with Crippen molar-refractivity contribution in [1.29, 1.82) is 0 Å². The molecule has 2 N–H and O–H groups in total. The largest absolute Gasteiger partial charge is 1.00 e. The summed E-state index contributed by atoms with van der Waals surface area (Å²) < 4.78 is 52.6. The number of nitrogens with zero attached hydrogens (tertiary/aromatic N) is 3.